The van der Waals surface area contributed by atoms with Crippen LogP contribution in [0.2, 0.25) is 0 Å². The number of rotatable bonds is 4. The molecule has 0 saturated heterocycles. The molecule has 0 heterocycles. The molecule has 0 spiro atoms. The standard InChI is InChI=1S/C16H24N2O2/c1-11-6-5-9-13(15(11)19)16(20)18-14(10-17)12-7-3-2-4-8-12/h5-6,9,12,14,19H,2-4,7-8,10,17H2,1H3,(H,18,20). The van der Waals surface area contributed by atoms with E-state index in [4.69, 9.17) is 5.73 Å². The zero-order valence-electron chi connectivity index (χ0n) is 12.1. The highest BCUT2D eigenvalue weighted by Gasteiger charge is 2.25. The second kappa shape index (κ2) is 6.75. The number of nitrogens with one attached hydrogen (secondary N) is 1. The Bertz CT molecular complexity index is 468. The number of benzene rings is 1. The third-order valence-corrected chi connectivity index (χ3v) is 4.27. The Hall–Kier alpha value is -1.55. The molecule has 110 valence electrons. The van der Waals surface area contributed by atoms with Crippen molar-refractivity contribution in [1.29, 1.82) is 0 Å². The summed E-state index contributed by atoms with van der Waals surface area (Å²) in [5.74, 6) is 0.293. The van der Waals surface area contributed by atoms with Crippen LogP contribution in [0.25, 0.3) is 0 Å². The summed E-state index contributed by atoms with van der Waals surface area (Å²) in [6.07, 6.45) is 5.96. The monoisotopic (exact) mass is 276 g/mol. The summed E-state index contributed by atoms with van der Waals surface area (Å²) in [7, 11) is 0. The minimum absolute atomic E-state index is 0.00251. The van der Waals surface area contributed by atoms with Crippen molar-refractivity contribution in [3.05, 3.63) is 29.3 Å². The Morgan fingerprint density at radius 2 is 2.10 bits per heavy atom. The normalized spacial score (nSPS) is 17.7. The predicted octanol–water partition coefficient (Wildman–Crippen LogP) is 2.34. The third kappa shape index (κ3) is 3.31. The number of hydrogen-bond donors (Lipinski definition) is 3. The van der Waals surface area contributed by atoms with Gasteiger partial charge in [-0.1, -0.05) is 31.4 Å². The van der Waals surface area contributed by atoms with E-state index < -0.39 is 0 Å². The molecule has 0 aromatic heterocycles. The van der Waals surface area contributed by atoms with Crippen molar-refractivity contribution < 1.29 is 9.90 Å². The van der Waals surface area contributed by atoms with E-state index in [2.05, 4.69) is 5.32 Å². The lowest BCUT2D eigenvalue weighted by atomic mass is 9.84. The molecule has 1 atom stereocenters. The van der Waals surface area contributed by atoms with E-state index >= 15 is 0 Å². The van der Waals surface area contributed by atoms with Crippen molar-refractivity contribution >= 4 is 5.91 Å². The van der Waals surface area contributed by atoms with Crippen LogP contribution >= 0.6 is 0 Å². The van der Waals surface area contributed by atoms with Crippen molar-refractivity contribution in [2.24, 2.45) is 11.7 Å². The number of aryl methyl sites for hydroxylation is 1. The van der Waals surface area contributed by atoms with Gasteiger partial charge in [0, 0.05) is 12.6 Å². The first-order chi connectivity index (χ1) is 9.63. The molecular weight excluding hydrogens is 252 g/mol. The summed E-state index contributed by atoms with van der Waals surface area (Å²) in [6, 6.07) is 5.21. The van der Waals surface area contributed by atoms with Crippen molar-refractivity contribution in [2.75, 3.05) is 6.54 Å². The highest BCUT2D eigenvalue weighted by Crippen LogP contribution is 2.27. The molecule has 1 saturated carbocycles. The number of nitrogens with two attached hydrogens (primary N) is 1. The van der Waals surface area contributed by atoms with Crippen LogP contribution in [-0.4, -0.2) is 23.6 Å². The van der Waals surface area contributed by atoms with E-state index in [1.807, 2.05) is 0 Å². The zero-order valence-corrected chi connectivity index (χ0v) is 12.1. The molecule has 1 aromatic carbocycles. The van der Waals surface area contributed by atoms with Crippen LogP contribution in [0.1, 0.15) is 48.0 Å². The number of phenols is 1. The highest BCUT2D eigenvalue weighted by atomic mass is 16.3. The van der Waals surface area contributed by atoms with Crippen LogP contribution in [0.3, 0.4) is 0 Å². The molecule has 1 aliphatic carbocycles. The van der Waals surface area contributed by atoms with Gasteiger partial charge in [-0.2, -0.15) is 0 Å². The fourth-order valence-electron chi connectivity index (χ4n) is 2.99. The molecule has 20 heavy (non-hydrogen) atoms. The van der Waals surface area contributed by atoms with Crippen LogP contribution in [-0.2, 0) is 0 Å². The average molecular weight is 276 g/mol. The summed E-state index contributed by atoms with van der Waals surface area (Å²) >= 11 is 0. The van der Waals surface area contributed by atoms with Crippen molar-refractivity contribution in [3.63, 3.8) is 0 Å². The average Bonchev–Trinajstić information content (AvgIpc) is 2.48. The topological polar surface area (TPSA) is 75.4 Å². The number of carbonyl (C=O) groups excluding carboxylic acids is 1. The lowest BCUT2D eigenvalue weighted by Gasteiger charge is -2.30. The molecule has 4 heteroatoms. The predicted molar refractivity (Wildman–Crippen MR) is 79.7 cm³/mol. The highest BCUT2D eigenvalue weighted by molar-refractivity contribution is 5.97. The van der Waals surface area contributed by atoms with Gasteiger partial charge in [0.25, 0.3) is 5.91 Å². The van der Waals surface area contributed by atoms with E-state index in [9.17, 15) is 9.90 Å². The SMILES string of the molecule is Cc1cccc(C(=O)NC(CN)C2CCCCC2)c1O. The summed E-state index contributed by atoms with van der Waals surface area (Å²) < 4.78 is 0. The molecule has 1 unspecified atom stereocenters. The van der Waals surface area contributed by atoms with E-state index in [-0.39, 0.29) is 17.7 Å². The maximum absolute atomic E-state index is 12.3. The summed E-state index contributed by atoms with van der Waals surface area (Å²) in [4.78, 5) is 12.3. The fourth-order valence-corrected chi connectivity index (χ4v) is 2.99. The Morgan fingerprint density at radius 3 is 2.75 bits per heavy atom. The van der Waals surface area contributed by atoms with Gasteiger partial charge in [0.15, 0.2) is 0 Å². The number of aromatic hydroxyl groups is 1. The minimum Gasteiger partial charge on any atom is -0.507 e. The molecule has 1 aliphatic rings. The van der Waals surface area contributed by atoms with Crippen LogP contribution in [0.4, 0.5) is 0 Å². The molecule has 2 rings (SSSR count). The lowest BCUT2D eigenvalue weighted by molar-refractivity contribution is 0.0912. The van der Waals surface area contributed by atoms with Gasteiger partial charge in [-0.15, -0.1) is 0 Å². The maximum atomic E-state index is 12.3. The fraction of sp³-hybridized carbons (Fsp3) is 0.562. The molecule has 1 aromatic rings. The second-order valence-corrected chi connectivity index (χ2v) is 5.68. The largest absolute Gasteiger partial charge is 0.507 e. The Morgan fingerprint density at radius 1 is 1.40 bits per heavy atom. The van der Waals surface area contributed by atoms with Crippen molar-refractivity contribution in [1.82, 2.24) is 5.32 Å². The van der Waals surface area contributed by atoms with Crippen LogP contribution in [0.5, 0.6) is 5.75 Å². The first kappa shape index (κ1) is 14.9. The maximum Gasteiger partial charge on any atom is 0.255 e. The first-order valence-corrected chi connectivity index (χ1v) is 7.43. The lowest BCUT2D eigenvalue weighted by Crippen LogP contribution is -2.45. The zero-order chi connectivity index (χ0) is 14.5. The Labute approximate surface area is 120 Å². The van der Waals surface area contributed by atoms with Crippen molar-refractivity contribution in [2.45, 2.75) is 45.1 Å². The van der Waals surface area contributed by atoms with Gasteiger partial charge >= 0.3 is 0 Å². The molecule has 4 N–H and O–H groups in total. The summed E-state index contributed by atoms with van der Waals surface area (Å²) in [6.45, 7) is 2.23. The second-order valence-electron chi connectivity index (χ2n) is 5.68. The molecule has 1 amide bonds. The van der Waals surface area contributed by atoms with E-state index in [1.165, 1.54) is 19.3 Å². The summed E-state index contributed by atoms with van der Waals surface area (Å²) in [5.41, 5.74) is 6.86. The van der Waals surface area contributed by atoms with Crippen molar-refractivity contribution in [3.8, 4) is 5.75 Å². The smallest absolute Gasteiger partial charge is 0.255 e. The van der Waals surface area contributed by atoms with Gasteiger partial charge in [0.1, 0.15) is 5.75 Å². The van der Waals surface area contributed by atoms with E-state index in [0.29, 0.717) is 23.6 Å². The quantitative estimate of drug-likeness (QED) is 0.790. The van der Waals surface area contributed by atoms with E-state index in [1.54, 1.807) is 25.1 Å². The summed E-state index contributed by atoms with van der Waals surface area (Å²) in [5, 5.41) is 13.0. The van der Waals surface area contributed by atoms with Gasteiger partial charge in [-0.25, -0.2) is 0 Å². The van der Waals surface area contributed by atoms with Gasteiger partial charge in [0.05, 0.1) is 5.56 Å². The molecule has 0 aliphatic heterocycles. The Balaban J connectivity index is 2.06. The minimum atomic E-state index is -0.229. The third-order valence-electron chi connectivity index (χ3n) is 4.27. The first-order valence-electron chi connectivity index (χ1n) is 7.43. The number of para-hydroxylation sites is 1. The van der Waals surface area contributed by atoms with Gasteiger partial charge < -0.3 is 16.2 Å². The van der Waals surface area contributed by atoms with Gasteiger partial charge in [-0.05, 0) is 37.3 Å². The van der Waals surface area contributed by atoms with Gasteiger partial charge in [-0.3, -0.25) is 4.79 Å². The number of amides is 1. The molecule has 1 fully saturated rings. The molecule has 0 bridgehead atoms. The Kier molecular flexibility index (Phi) is 5.01. The molecular formula is C16H24N2O2. The van der Waals surface area contributed by atoms with Crippen LogP contribution in [0.15, 0.2) is 18.2 Å². The number of carbonyl (C=O) groups is 1. The van der Waals surface area contributed by atoms with E-state index in [0.717, 1.165) is 12.8 Å². The molecule has 4 nitrogen and oxygen atoms in total. The van der Waals surface area contributed by atoms with Gasteiger partial charge in [0.2, 0.25) is 0 Å². The number of hydrogen-bond acceptors (Lipinski definition) is 3. The van der Waals surface area contributed by atoms with Crippen LogP contribution < -0.4 is 11.1 Å². The molecule has 0 radical (unpaired) electrons. The number of phenolic OH excluding ortho intramolecular Hbond substituents is 1. The van der Waals surface area contributed by atoms with Crippen LogP contribution in [0, 0.1) is 12.8 Å².